The minimum atomic E-state index is 0.997. The third kappa shape index (κ3) is 36.0. The van der Waals surface area contributed by atoms with Gasteiger partial charge in [0.1, 0.15) is 0 Å². The van der Waals surface area contributed by atoms with Crippen molar-refractivity contribution in [2.75, 3.05) is 13.2 Å². The summed E-state index contributed by atoms with van der Waals surface area (Å²) in [7, 11) is 0. The van der Waals surface area contributed by atoms with Crippen LogP contribution in [0, 0.1) is 0 Å². The monoisotopic (exact) mass is 537 g/mol. The van der Waals surface area contributed by atoms with Crippen molar-refractivity contribution in [3.8, 4) is 0 Å². The van der Waals surface area contributed by atoms with Gasteiger partial charge in [-0.3, -0.25) is 0 Å². The average molecular weight is 537 g/mol. The lowest BCUT2D eigenvalue weighted by atomic mass is 10.0. The molecule has 1 rings (SSSR count). The van der Waals surface area contributed by atoms with Gasteiger partial charge in [0, 0.05) is 13.2 Å². The Bertz CT molecular complexity index is 337. The predicted molar refractivity (Wildman–Crippen MR) is 175 cm³/mol. The third-order valence-electron chi connectivity index (χ3n) is 8.53. The van der Waals surface area contributed by atoms with Crippen molar-refractivity contribution in [1.82, 2.24) is 0 Å². The average Bonchev–Trinajstić information content (AvgIpc) is 3.53. The van der Waals surface area contributed by atoms with E-state index < -0.39 is 0 Å². The Morgan fingerprint density at radius 1 is 0.263 bits per heavy atom. The van der Waals surface area contributed by atoms with E-state index in [0.717, 1.165) is 13.2 Å². The van der Waals surface area contributed by atoms with Crippen LogP contribution in [0.2, 0.25) is 0 Å². The summed E-state index contributed by atoms with van der Waals surface area (Å²) in [5, 5.41) is 0. The van der Waals surface area contributed by atoms with Gasteiger partial charge in [-0.2, -0.15) is 0 Å². The summed E-state index contributed by atoms with van der Waals surface area (Å²) >= 11 is 0. The van der Waals surface area contributed by atoms with Crippen molar-refractivity contribution in [2.24, 2.45) is 0 Å². The van der Waals surface area contributed by atoms with E-state index >= 15 is 0 Å². The molecule has 0 atom stereocenters. The second-order valence-corrected chi connectivity index (χ2v) is 12.6. The van der Waals surface area contributed by atoms with Gasteiger partial charge in [0.15, 0.2) is 0 Å². The molecule has 0 radical (unpaired) electrons. The second-order valence-electron chi connectivity index (χ2n) is 12.6. The smallest absolute Gasteiger partial charge is 0.0466 e. The molecule has 0 heterocycles. The first kappa shape index (κ1) is 38.0. The van der Waals surface area contributed by atoms with Gasteiger partial charge in [0.25, 0.3) is 0 Å². The standard InChI is InChI=1S/C32H66O.C5H10/c1-3-5-7-9-11-13-15-17-19-21-23-25-27-29-31-33-32-30-28-26-24-22-20-18-16-14-12-10-8-6-4-2;1-2-4-5-3-1/h3-32H2,1-2H3;1-5H2. The van der Waals surface area contributed by atoms with Gasteiger partial charge in [-0.15, -0.1) is 0 Å². The maximum Gasteiger partial charge on any atom is 0.0466 e. The number of rotatable bonds is 30. The van der Waals surface area contributed by atoms with E-state index in [0.29, 0.717) is 0 Å². The highest BCUT2D eigenvalue weighted by molar-refractivity contribution is 4.52. The Hall–Kier alpha value is -0.0400. The van der Waals surface area contributed by atoms with Crippen molar-refractivity contribution in [3.63, 3.8) is 0 Å². The molecule has 1 fully saturated rings. The molecule has 0 amide bonds. The van der Waals surface area contributed by atoms with Crippen molar-refractivity contribution in [2.45, 2.75) is 226 Å². The Morgan fingerprint density at radius 2 is 0.447 bits per heavy atom. The number of unbranched alkanes of at least 4 members (excludes halogenated alkanes) is 26. The number of hydrogen-bond donors (Lipinski definition) is 0. The number of hydrogen-bond acceptors (Lipinski definition) is 1. The Kier molecular flexibility index (Phi) is 36.9. The van der Waals surface area contributed by atoms with Gasteiger partial charge in [-0.1, -0.05) is 213 Å². The normalized spacial score (nSPS) is 13.1. The van der Waals surface area contributed by atoms with Gasteiger partial charge in [-0.05, 0) is 12.8 Å². The van der Waals surface area contributed by atoms with Crippen LogP contribution in [-0.4, -0.2) is 13.2 Å². The van der Waals surface area contributed by atoms with Crippen molar-refractivity contribution in [3.05, 3.63) is 0 Å². The number of ether oxygens (including phenoxy) is 1. The molecule has 38 heavy (non-hydrogen) atoms. The lowest BCUT2D eigenvalue weighted by Crippen LogP contribution is -1.97. The first-order valence-corrected chi connectivity index (χ1v) is 18.5. The van der Waals surface area contributed by atoms with Crippen LogP contribution >= 0.6 is 0 Å². The molecule has 0 spiro atoms. The lowest BCUT2D eigenvalue weighted by Gasteiger charge is -2.05. The van der Waals surface area contributed by atoms with E-state index in [-0.39, 0.29) is 0 Å². The zero-order valence-electron chi connectivity index (χ0n) is 27.2. The van der Waals surface area contributed by atoms with E-state index in [1.54, 1.807) is 0 Å². The van der Waals surface area contributed by atoms with Crippen LogP contribution in [0.4, 0.5) is 0 Å². The third-order valence-corrected chi connectivity index (χ3v) is 8.53. The van der Waals surface area contributed by atoms with Crippen LogP contribution in [0.5, 0.6) is 0 Å². The topological polar surface area (TPSA) is 9.23 Å². The maximum atomic E-state index is 5.85. The Balaban J connectivity index is 0.00000242. The molecule has 0 aliphatic heterocycles. The minimum Gasteiger partial charge on any atom is -0.381 e. The Morgan fingerprint density at radius 3 is 0.658 bits per heavy atom. The molecule has 1 aliphatic rings. The van der Waals surface area contributed by atoms with Crippen LogP contribution in [-0.2, 0) is 4.74 Å². The van der Waals surface area contributed by atoms with E-state index in [1.165, 1.54) is 212 Å². The molecular weight excluding hydrogens is 460 g/mol. The molecule has 0 bridgehead atoms. The first-order valence-electron chi connectivity index (χ1n) is 18.5. The highest BCUT2D eigenvalue weighted by atomic mass is 16.5. The molecule has 230 valence electrons. The fourth-order valence-corrected chi connectivity index (χ4v) is 5.78. The molecule has 0 aromatic carbocycles. The van der Waals surface area contributed by atoms with Gasteiger partial charge in [0.2, 0.25) is 0 Å². The fraction of sp³-hybridized carbons (Fsp3) is 1.00. The van der Waals surface area contributed by atoms with E-state index in [1.807, 2.05) is 0 Å². The molecule has 1 saturated carbocycles. The summed E-state index contributed by atoms with van der Waals surface area (Å²) in [6.07, 6.45) is 47.6. The highest BCUT2D eigenvalue weighted by Crippen LogP contribution is 2.16. The van der Waals surface area contributed by atoms with Gasteiger partial charge >= 0.3 is 0 Å². The van der Waals surface area contributed by atoms with E-state index in [4.69, 9.17) is 4.74 Å². The summed E-state index contributed by atoms with van der Waals surface area (Å²) in [5.41, 5.74) is 0. The largest absolute Gasteiger partial charge is 0.381 e. The molecule has 0 aromatic rings. The summed E-state index contributed by atoms with van der Waals surface area (Å²) in [4.78, 5) is 0. The van der Waals surface area contributed by atoms with Crippen molar-refractivity contribution < 1.29 is 4.74 Å². The molecule has 0 unspecified atom stereocenters. The van der Waals surface area contributed by atoms with Gasteiger partial charge in [-0.25, -0.2) is 0 Å². The minimum absolute atomic E-state index is 0.997. The van der Waals surface area contributed by atoms with Crippen LogP contribution in [0.1, 0.15) is 226 Å². The van der Waals surface area contributed by atoms with Crippen molar-refractivity contribution in [1.29, 1.82) is 0 Å². The second kappa shape index (κ2) is 37.0. The summed E-state index contributed by atoms with van der Waals surface area (Å²) in [5.74, 6) is 0. The maximum absolute atomic E-state index is 5.85. The molecular formula is C37H76O. The van der Waals surface area contributed by atoms with Crippen LogP contribution in [0.25, 0.3) is 0 Å². The van der Waals surface area contributed by atoms with Crippen molar-refractivity contribution >= 4 is 0 Å². The molecule has 1 nitrogen and oxygen atoms in total. The summed E-state index contributed by atoms with van der Waals surface area (Å²) < 4.78 is 5.85. The first-order chi connectivity index (χ1) is 18.9. The molecule has 0 N–H and O–H groups in total. The lowest BCUT2D eigenvalue weighted by molar-refractivity contribution is 0.125. The van der Waals surface area contributed by atoms with E-state index in [9.17, 15) is 0 Å². The van der Waals surface area contributed by atoms with E-state index in [2.05, 4.69) is 13.8 Å². The molecule has 0 saturated heterocycles. The summed E-state index contributed by atoms with van der Waals surface area (Å²) in [6, 6.07) is 0. The summed E-state index contributed by atoms with van der Waals surface area (Å²) in [6.45, 7) is 6.59. The zero-order chi connectivity index (χ0) is 27.5. The molecule has 1 heteroatoms. The van der Waals surface area contributed by atoms with Gasteiger partial charge in [0.05, 0.1) is 0 Å². The quantitative estimate of drug-likeness (QED) is 0.0829. The Labute approximate surface area is 243 Å². The van der Waals surface area contributed by atoms with Crippen LogP contribution < -0.4 is 0 Å². The van der Waals surface area contributed by atoms with Crippen LogP contribution in [0.15, 0.2) is 0 Å². The zero-order valence-corrected chi connectivity index (χ0v) is 27.2. The predicted octanol–water partition coefficient (Wildman–Crippen LogP) is 13.9. The SMILES string of the molecule is C1CCCC1.CCCCCCCCCCCCCCCCOCCCCCCCCCCCCCCCC. The van der Waals surface area contributed by atoms with Gasteiger partial charge < -0.3 is 4.74 Å². The fourth-order valence-electron chi connectivity index (χ4n) is 5.78. The molecule has 1 aliphatic carbocycles. The molecule has 0 aromatic heterocycles. The highest BCUT2D eigenvalue weighted by Gasteiger charge is 1.97. The van der Waals surface area contributed by atoms with Crippen LogP contribution in [0.3, 0.4) is 0 Å².